The van der Waals surface area contributed by atoms with Gasteiger partial charge in [-0.05, 0) is 6.42 Å². The summed E-state index contributed by atoms with van der Waals surface area (Å²) in [5.74, 6) is 0.310. The van der Waals surface area contributed by atoms with E-state index < -0.39 is 0 Å². The highest BCUT2D eigenvalue weighted by atomic mass is 35.5. The topological polar surface area (TPSA) is 34.1 Å². The number of rotatable bonds is 6. The van der Waals surface area contributed by atoms with Crippen LogP contribution in [0.15, 0.2) is 30.3 Å². The molecular formula is C12H13ClO2. The van der Waals surface area contributed by atoms with Crippen LogP contribution in [0.2, 0.25) is 0 Å². The van der Waals surface area contributed by atoms with Crippen LogP contribution in [0.1, 0.15) is 29.6 Å². The maximum Gasteiger partial charge on any atom is 0.170 e. The van der Waals surface area contributed by atoms with E-state index >= 15 is 0 Å². The van der Waals surface area contributed by atoms with E-state index in [-0.39, 0.29) is 18.0 Å². The normalized spacial score (nSPS) is 9.93. The Morgan fingerprint density at radius 1 is 1.13 bits per heavy atom. The molecule has 0 amide bonds. The number of benzene rings is 1. The molecule has 1 aromatic rings. The average molecular weight is 225 g/mol. The molecule has 15 heavy (non-hydrogen) atoms. The molecule has 0 unspecified atom stereocenters. The summed E-state index contributed by atoms with van der Waals surface area (Å²) in [6.45, 7) is 0. The van der Waals surface area contributed by atoms with Gasteiger partial charge in [-0.2, -0.15) is 0 Å². The van der Waals surface area contributed by atoms with Crippen LogP contribution in [0.4, 0.5) is 0 Å². The van der Waals surface area contributed by atoms with Crippen molar-refractivity contribution in [1.29, 1.82) is 0 Å². The fraction of sp³-hybridized carbons (Fsp3) is 0.333. The van der Waals surface area contributed by atoms with E-state index in [9.17, 15) is 9.59 Å². The van der Waals surface area contributed by atoms with Gasteiger partial charge in [0.1, 0.15) is 5.78 Å². The Hall–Kier alpha value is -1.15. The van der Waals surface area contributed by atoms with Gasteiger partial charge in [-0.1, -0.05) is 30.3 Å². The van der Waals surface area contributed by atoms with E-state index in [0.29, 0.717) is 24.3 Å². The lowest BCUT2D eigenvalue weighted by Crippen LogP contribution is -2.08. The second-order valence-corrected chi connectivity index (χ2v) is 3.68. The SMILES string of the molecule is O=C(CCCCl)CC(=O)c1ccccc1. The van der Waals surface area contributed by atoms with Crippen LogP contribution >= 0.6 is 11.6 Å². The second-order valence-electron chi connectivity index (χ2n) is 3.30. The zero-order chi connectivity index (χ0) is 11.1. The fourth-order valence-corrected chi connectivity index (χ4v) is 1.39. The standard InChI is InChI=1S/C12H13ClO2/c13-8-4-7-11(14)9-12(15)10-5-2-1-3-6-10/h1-3,5-6H,4,7-9H2. The zero-order valence-electron chi connectivity index (χ0n) is 8.41. The summed E-state index contributed by atoms with van der Waals surface area (Å²) in [6, 6.07) is 8.85. The monoisotopic (exact) mass is 224 g/mol. The molecule has 80 valence electrons. The number of carbonyl (C=O) groups excluding carboxylic acids is 2. The number of hydrogen-bond donors (Lipinski definition) is 0. The molecule has 0 radical (unpaired) electrons. The largest absolute Gasteiger partial charge is 0.299 e. The molecule has 0 aliphatic carbocycles. The fourth-order valence-electron chi connectivity index (χ4n) is 1.26. The highest BCUT2D eigenvalue weighted by molar-refractivity contribution is 6.18. The molecule has 0 spiro atoms. The summed E-state index contributed by atoms with van der Waals surface area (Å²) in [5, 5.41) is 0. The molecule has 0 bridgehead atoms. The molecule has 3 heteroatoms. The number of carbonyl (C=O) groups is 2. The first-order chi connectivity index (χ1) is 7.24. The van der Waals surface area contributed by atoms with Crippen LogP contribution in [-0.2, 0) is 4.79 Å². The highest BCUT2D eigenvalue weighted by Crippen LogP contribution is 2.05. The van der Waals surface area contributed by atoms with E-state index in [1.165, 1.54) is 0 Å². The molecule has 0 fully saturated rings. The summed E-state index contributed by atoms with van der Waals surface area (Å²) in [5.41, 5.74) is 0.594. The minimum absolute atomic E-state index is 0.0130. The van der Waals surface area contributed by atoms with Crippen molar-refractivity contribution < 1.29 is 9.59 Å². The van der Waals surface area contributed by atoms with E-state index in [1.54, 1.807) is 24.3 Å². The van der Waals surface area contributed by atoms with Crippen LogP contribution in [0.3, 0.4) is 0 Å². The van der Waals surface area contributed by atoms with Crippen molar-refractivity contribution in [3.63, 3.8) is 0 Å². The lowest BCUT2D eigenvalue weighted by Gasteiger charge is -1.99. The Bertz CT molecular complexity index is 333. The summed E-state index contributed by atoms with van der Waals surface area (Å²) in [6.07, 6.45) is 1.02. The van der Waals surface area contributed by atoms with Crippen molar-refractivity contribution in [1.82, 2.24) is 0 Å². The molecule has 1 aromatic carbocycles. The number of Topliss-reactive ketones (excluding diaryl/α,β-unsaturated/α-hetero) is 2. The Balaban J connectivity index is 2.46. The Labute approximate surface area is 94.2 Å². The van der Waals surface area contributed by atoms with Crippen molar-refractivity contribution in [3.05, 3.63) is 35.9 Å². The molecule has 2 nitrogen and oxygen atoms in total. The number of alkyl halides is 1. The molecule has 0 atom stereocenters. The molecule has 0 heterocycles. The number of ketones is 2. The third kappa shape index (κ3) is 4.26. The maximum atomic E-state index is 11.6. The first-order valence-corrected chi connectivity index (χ1v) is 5.43. The van der Waals surface area contributed by atoms with Gasteiger partial charge in [-0.3, -0.25) is 9.59 Å². The van der Waals surface area contributed by atoms with Crippen LogP contribution < -0.4 is 0 Å². The predicted octanol–water partition coefficient (Wildman–Crippen LogP) is 2.85. The van der Waals surface area contributed by atoms with Crippen LogP contribution in [0.25, 0.3) is 0 Å². The van der Waals surface area contributed by atoms with Gasteiger partial charge in [0.05, 0.1) is 6.42 Å². The van der Waals surface area contributed by atoms with Crippen molar-refractivity contribution in [2.45, 2.75) is 19.3 Å². The van der Waals surface area contributed by atoms with Crippen molar-refractivity contribution in [2.24, 2.45) is 0 Å². The molecule has 0 saturated carbocycles. The molecular weight excluding hydrogens is 212 g/mol. The van der Waals surface area contributed by atoms with Gasteiger partial charge in [0.25, 0.3) is 0 Å². The van der Waals surface area contributed by atoms with Crippen molar-refractivity contribution in [3.8, 4) is 0 Å². The summed E-state index contributed by atoms with van der Waals surface area (Å²) in [7, 11) is 0. The molecule has 0 N–H and O–H groups in total. The van der Waals surface area contributed by atoms with Crippen molar-refractivity contribution in [2.75, 3.05) is 5.88 Å². The van der Waals surface area contributed by atoms with E-state index in [4.69, 9.17) is 11.6 Å². The van der Waals surface area contributed by atoms with Gasteiger partial charge in [0.15, 0.2) is 5.78 Å². The predicted molar refractivity (Wildman–Crippen MR) is 60.4 cm³/mol. The summed E-state index contributed by atoms with van der Waals surface area (Å²) < 4.78 is 0. The van der Waals surface area contributed by atoms with E-state index in [2.05, 4.69) is 0 Å². The van der Waals surface area contributed by atoms with Crippen LogP contribution in [0.5, 0.6) is 0 Å². The first kappa shape index (κ1) is 11.9. The average Bonchev–Trinajstić information content (AvgIpc) is 2.27. The Morgan fingerprint density at radius 3 is 2.40 bits per heavy atom. The minimum atomic E-state index is -0.116. The molecule has 1 rings (SSSR count). The molecule has 0 aliphatic rings. The van der Waals surface area contributed by atoms with Gasteiger partial charge in [-0.25, -0.2) is 0 Å². The third-order valence-electron chi connectivity index (χ3n) is 2.04. The van der Waals surface area contributed by atoms with Gasteiger partial charge in [0, 0.05) is 17.9 Å². The van der Waals surface area contributed by atoms with E-state index in [1.807, 2.05) is 6.07 Å². The smallest absolute Gasteiger partial charge is 0.170 e. The zero-order valence-corrected chi connectivity index (χ0v) is 9.17. The molecule has 0 saturated heterocycles. The van der Waals surface area contributed by atoms with Gasteiger partial charge >= 0.3 is 0 Å². The number of halogens is 1. The molecule has 0 aliphatic heterocycles. The van der Waals surface area contributed by atoms with Crippen LogP contribution in [-0.4, -0.2) is 17.4 Å². The third-order valence-corrected chi connectivity index (χ3v) is 2.31. The van der Waals surface area contributed by atoms with Gasteiger partial charge < -0.3 is 0 Å². The quantitative estimate of drug-likeness (QED) is 0.423. The lowest BCUT2D eigenvalue weighted by atomic mass is 10.0. The summed E-state index contributed by atoms with van der Waals surface area (Å²) >= 11 is 5.46. The van der Waals surface area contributed by atoms with E-state index in [0.717, 1.165) is 0 Å². The highest BCUT2D eigenvalue weighted by Gasteiger charge is 2.10. The van der Waals surface area contributed by atoms with Crippen molar-refractivity contribution >= 4 is 23.2 Å². The van der Waals surface area contributed by atoms with Crippen LogP contribution in [0, 0.1) is 0 Å². The Morgan fingerprint density at radius 2 is 1.80 bits per heavy atom. The molecule has 0 aromatic heterocycles. The maximum absolute atomic E-state index is 11.6. The van der Waals surface area contributed by atoms with Gasteiger partial charge in [0.2, 0.25) is 0 Å². The number of hydrogen-bond acceptors (Lipinski definition) is 2. The summed E-state index contributed by atoms with van der Waals surface area (Å²) in [4.78, 5) is 22.9. The lowest BCUT2D eigenvalue weighted by molar-refractivity contribution is -0.118. The Kier molecular flexibility index (Phi) is 5.05. The minimum Gasteiger partial charge on any atom is -0.299 e. The second kappa shape index (κ2) is 6.36. The van der Waals surface area contributed by atoms with Gasteiger partial charge in [-0.15, -0.1) is 11.6 Å². The first-order valence-electron chi connectivity index (χ1n) is 4.90.